The molecule has 1 atom stereocenters. The van der Waals surface area contributed by atoms with Gasteiger partial charge in [0.05, 0.1) is 30.8 Å². The van der Waals surface area contributed by atoms with Gasteiger partial charge in [0.2, 0.25) is 22.0 Å². The number of nitrogens with zero attached hydrogens (tertiary/aromatic N) is 2. The molecule has 194 valence electrons. The molecule has 1 heterocycles. The number of methoxy groups -OCH3 is 1. The van der Waals surface area contributed by atoms with E-state index in [-0.39, 0.29) is 23.0 Å². The molecule has 0 saturated carbocycles. The number of sulfonamides is 1. The SMILES string of the molecule is COC(=O)C1CN(C(=O)CN(Cc2ccc(Cl)cc2Cl)S(=O)(=O)c2ccc(Br)cc2)c2ccccc2O1. The third kappa shape index (κ3) is 6.10. The topological polar surface area (TPSA) is 93.2 Å². The zero-order valence-electron chi connectivity index (χ0n) is 19.4. The highest BCUT2D eigenvalue weighted by Crippen LogP contribution is 2.34. The molecule has 1 aliphatic heterocycles. The molecule has 8 nitrogen and oxygen atoms in total. The third-order valence-corrected chi connectivity index (χ3v) is 8.59. The molecule has 37 heavy (non-hydrogen) atoms. The Morgan fingerprint density at radius 2 is 1.81 bits per heavy atom. The van der Waals surface area contributed by atoms with Crippen LogP contribution in [0.25, 0.3) is 0 Å². The molecule has 1 unspecified atom stereocenters. The molecular formula is C25H21BrCl2N2O6S. The average molecular weight is 628 g/mol. The summed E-state index contributed by atoms with van der Waals surface area (Å²) in [7, 11) is -2.92. The Bertz CT molecular complexity index is 1440. The molecule has 0 saturated heterocycles. The minimum atomic E-state index is -4.14. The van der Waals surface area contributed by atoms with Gasteiger partial charge in [-0.1, -0.05) is 57.3 Å². The van der Waals surface area contributed by atoms with Crippen LogP contribution in [0, 0.1) is 0 Å². The van der Waals surface area contributed by atoms with Gasteiger partial charge in [0.25, 0.3) is 0 Å². The smallest absolute Gasteiger partial charge is 0.348 e. The lowest BCUT2D eigenvalue weighted by Gasteiger charge is -2.34. The van der Waals surface area contributed by atoms with Crippen LogP contribution in [0.5, 0.6) is 5.75 Å². The van der Waals surface area contributed by atoms with Crippen molar-refractivity contribution < 1.29 is 27.5 Å². The van der Waals surface area contributed by atoms with E-state index >= 15 is 0 Å². The highest BCUT2D eigenvalue weighted by Gasteiger charge is 2.36. The summed E-state index contributed by atoms with van der Waals surface area (Å²) in [6.07, 6.45) is -1.06. The quantitative estimate of drug-likeness (QED) is 0.346. The minimum absolute atomic E-state index is 0.00315. The standard InChI is InChI=1S/C25H21BrCl2N2O6S/c1-35-25(32)23-14-30(21-4-2-3-5-22(21)36-23)24(31)15-29(13-16-6-9-18(27)12-20(16)28)37(33,34)19-10-7-17(26)8-11-19/h2-12,23H,13-15H2,1H3. The molecule has 1 aliphatic rings. The molecule has 0 bridgehead atoms. The number of benzene rings is 3. The van der Waals surface area contributed by atoms with E-state index in [1.165, 1.54) is 30.2 Å². The van der Waals surface area contributed by atoms with Gasteiger partial charge in [-0.3, -0.25) is 4.79 Å². The number of carbonyl (C=O) groups is 2. The number of carbonyl (C=O) groups excluding carboxylic acids is 2. The number of ether oxygens (including phenoxy) is 2. The fraction of sp³-hybridized carbons (Fsp3) is 0.200. The van der Waals surface area contributed by atoms with E-state index in [2.05, 4.69) is 15.9 Å². The van der Waals surface area contributed by atoms with Gasteiger partial charge in [-0.2, -0.15) is 4.31 Å². The Morgan fingerprint density at radius 3 is 2.49 bits per heavy atom. The van der Waals surface area contributed by atoms with Crippen molar-refractivity contribution in [1.82, 2.24) is 4.31 Å². The number of hydrogen-bond donors (Lipinski definition) is 0. The van der Waals surface area contributed by atoms with Gasteiger partial charge in [-0.25, -0.2) is 13.2 Å². The van der Waals surface area contributed by atoms with Crippen LogP contribution in [0.4, 0.5) is 5.69 Å². The lowest BCUT2D eigenvalue weighted by Crippen LogP contribution is -2.50. The van der Waals surface area contributed by atoms with E-state index in [9.17, 15) is 18.0 Å². The number of halogens is 3. The largest absolute Gasteiger partial charge is 0.475 e. The Hall–Kier alpha value is -2.63. The van der Waals surface area contributed by atoms with Crippen LogP contribution >= 0.6 is 39.1 Å². The number of para-hydroxylation sites is 2. The van der Waals surface area contributed by atoms with Gasteiger partial charge in [0, 0.05) is 21.1 Å². The highest BCUT2D eigenvalue weighted by atomic mass is 79.9. The zero-order chi connectivity index (χ0) is 26.7. The lowest BCUT2D eigenvalue weighted by atomic mass is 10.1. The summed E-state index contributed by atoms with van der Waals surface area (Å²) in [5.41, 5.74) is 0.882. The van der Waals surface area contributed by atoms with Crippen LogP contribution in [0.1, 0.15) is 5.56 Å². The van der Waals surface area contributed by atoms with Crippen molar-refractivity contribution in [3.05, 3.63) is 86.8 Å². The van der Waals surface area contributed by atoms with Crippen LogP contribution in [-0.2, 0) is 30.9 Å². The Morgan fingerprint density at radius 1 is 1.11 bits per heavy atom. The lowest BCUT2D eigenvalue weighted by molar-refractivity contribution is -0.148. The van der Waals surface area contributed by atoms with Crippen molar-refractivity contribution in [2.24, 2.45) is 0 Å². The summed E-state index contributed by atoms with van der Waals surface area (Å²) in [5.74, 6) is -0.907. The first kappa shape index (κ1) is 27.4. The van der Waals surface area contributed by atoms with Gasteiger partial charge in [-0.15, -0.1) is 0 Å². The van der Waals surface area contributed by atoms with E-state index < -0.39 is 34.5 Å². The van der Waals surface area contributed by atoms with Crippen LogP contribution in [0.3, 0.4) is 0 Å². The fourth-order valence-electron chi connectivity index (χ4n) is 3.78. The van der Waals surface area contributed by atoms with Gasteiger partial charge in [0.1, 0.15) is 5.75 Å². The maximum absolute atomic E-state index is 13.7. The number of rotatable bonds is 7. The highest BCUT2D eigenvalue weighted by molar-refractivity contribution is 9.10. The van der Waals surface area contributed by atoms with Crippen LogP contribution in [-0.4, -0.2) is 50.9 Å². The van der Waals surface area contributed by atoms with Crippen molar-refractivity contribution in [3.63, 3.8) is 0 Å². The molecular weight excluding hydrogens is 607 g/mol. The summed E-state index contributed by atoms with van der Waals surface area (Å²) >= 11 is 15.6. The second-order valence-corrected chi connectivity index (χ2v) is 11.8. The monoisotopic (exact) mass is 626 g/mol. The van der Waals surface area contributed by atoms with Crippen molar-refractivity contribution in [2.75, 3.05) is 25.1 Å². The van der Waals surface area contributed by atoms with E-state index in [1.54, 1.807) is 48.5 Å². The average Bonchev–Trinajstić information content (AvgIpc) is 2.88. The minimum Gasteiger partial charge on any atom is -0.475 e. The molecule has 1 amide bonds. The molecule has 0 radical (unpaired) electrons. The molecule has 4 rings (SSSR count). The van der Waals surface area contributed by atoms with E-state index in [0.29, 0.717) is 26.5 Å². The first-order valence-electron chi connectivity index (χ1n) is 10.9. The van der Waals surface area contributed by atoms with Gasteiger partial charge in [0.15, 0.2) is 0 Å². The first-order chi connectivity index (χ1) is 17.6. The molecule has 0 aromatic heterocycles. The Kier molecular flexibility index (Phi) is 8.45. The van der Waals surface area contributed by atoms with Crippen molar-refractivity contribution >= 4 is 66.7 Å². The summed E-state index contributed by atoms with van der Waals surface area (Å²) in [6.45, 7) is -0.859. The second-order valence-electron chi connectivity index (χ2n) is 8.06. The van der Waals surface area contributed by atoms with Crippen molar-refractivity contribution in [3.8, 4) is 5.75 Å². The molecule has 0 N–H and O–H groups in total. The Balaban J connectivity index is 1.70. The predicted octanol–water partition coefficient (Wildman–Crippen LogP) is 4.91. The van der Waals surface area contributed by atoms with E-state index in [4.69, 9.17) is 32.7 Å². The number of amides is 1. The summed E-state index contributed by atoms with van der Waals surface area (Å²) in [5, 5.41) is 0.657. The second kappa shape index (κ2) is 11.4. The maximum atomic E-state index is 13.7. The fourth-order valence-corrected chi connectivity index (χ4v) is 5.88. The van der Waals surface area contributed by atoms with Crippen molar-refractivity contribution in [2.45, 2.75) is 17.5 Å². The van der Waals surface area contributed by atoms with Gasteiger partial charge >= 0.3 is 5.97 Å². The van der Waals surface area contributed by atoms with E-state index in [0.717, 1.165) is 4.31 Å². The number of anilines is 1. The first-order valence-corrected chi connectivity index (χ1v) is 13.9. The number of fused-ring (bicyclic) bond motifs is 1. The molecule has 3 aromatic rings. The third-order valence-electron chi connectivity index (χ3n) is 5.66. The van der Waals surface area contributed by atoms with Crippen LogP contribution in [0.15, 0.2) is 76.1 Å². The Labute approximate surface area is 232 Å². The molecule has 0 fully saturated rings. The molecule has 0 spiro atoms. The van der Waals surface area contributed by atoms with Gasteiger partial charge < -0.3 is 14.4 Å². The summed E-state index contributed by atoms with van der Waals surface area (Å²) < 4.78 is 39.6. The molecule has 0 aliphatic carbocycles. The number of hydrogen-bond acceptors (Lipinski definition) is 6. The number of esters is 1. The molecule has 12 heteroatoms. The van der Waals surface area contributed by atoms with Crippen LogP contribution < -0.4 is 9.64 Å². The molecule has 3 aromatic carbocycles. The van der Waals surface area contributed by atoms with Crippen molar-refractivity contribution in [1.29, 1.82) is 0 Å². The predicted molar refractivity (Wildman–Crippen MR) is 143 cm³/mol. The summed E-state index contributed by atoms with van der Waals surface area (Å²) in [6, 6.07) is 17.5. The maximum Gasteiger partial charge on any atom is 0.348 e. The van der Waals surface area contributed by atoms with Crippen LogP contribution in [0.2, 0.25) is 10.0 Å². The zero-order valence-corrected chi connectivity index (χ0v) is 23.3. The summed E-state index contributed by atoms with van der Waals surface area (Å²) in [4.78, 5) is 27.2. The van der Waals surface area contributed by atoms with E-state index in [1.807, 2.05) is 0 Å². The van der Waals surface area contributed by atoms with Gasteiger partial charge in [-0.05, 0) is 54.1 Å². The normalized spacial score (nSPS) is 15.2.